The van der Waals surface area contributed by atoms with Crippen molar-refractivity contribution in [3.05, 3.63) is 24.2 Å². The van der Waals surface area contributed by atoms with Crippen molar-refractivity contribution in [2.45, 2.75) is 0 Å². The largest absolute Gasteiger partial charge is 0.471 e. The Kier molecular flexibility index (Phi) is 1.57. The van der Waals surface area contributed by atoms with Gasteiger partial charge in [-0.15, -0.1) is 0 Å². The average Bonchev–Trinajstić information content (AvgIpc) is 2.34. The van der Waals surface area contributed by atoms with Gasteiger partial charge in [-0.25, -0.2) is 0 Å². The lowest BCUT2D eigenvalue weighted by atomic mass is 10.3. The minimum Gasteiger partial charge on any atom is -0.471 e. The van der Waals surface area contributed by atoms with Crippen LogP contribution in [0.4, 0.5) is 0 Å². The topological polar surface area (TPSA) is 36.9 Å². The Morgan fingerprint density at radius 1 is 1.56 bits per heavy atom. The average molecular weight is 117 g/mol. The van der Waals surface area contributed by atoms with Gasteiger partial charge >= 0.3 is 0 Å². The molecule has 0 radical (unpaired) electrons. The van der Waals surface area contributed by atoms with Crippen LogP contribution in [-0.2, 0) is 0 Å². The minimum atomic E-state index is 0.733. The molecule has 1 aromatic heterocycles. The summed E-state index contributed by atoms with van der Waals surface area (Å²) in [5.41, 5.74) is 0.733. The molecule has 1 rings (SSSR count). The van der Waals surface area contributed by atoms with Crippen LogP contribution in [0, 0.1) is 23.2 Å². The fourth-order valence-corrected chi connectivity index (χ4v) is 0.436. The van der Waals surface area contributed by atoms with Gasteiger partial charge in [0.05, 0.1) is 11.8 Å². The van der Waals surface area contributed by atoms with Gasteiger partial charge in [-0.05, 0) is 12.0 Å². The summed E-state index contributed by atoms with van der Waals surface area (Å²) in [6, 6.07) is 3.40. The van der Waals surface area contributed by atoms with E-state index in [0.29, 0.717) is 0 Å². The molecule has 0 saturated carbocycles. The number of nitriles is 1. The fourth-order valence-electron chi connectivity index (χ4n) is 0.436. The van der Waals surface area contributed by atoms with Gasteiger partial charge in [-0.1, -0.05) is 0 Å². The summed E-state index contributed by atoms with van der Waals surface area (Å²) >= 11 is 0. The number of hydrogen-bond donors (Lipinski definition) is 0. The summed E-state index contributed by atoms with van der Waals surface area (Å²) in [7, 11) is 0. The molecule has 1 aromatic rings. The molecule has 42 valence electrons. The Morgan fingerprint density at radius 2 is 2.44 bits per heavy atom. The summed E-state index contributed by atoms with van der Waals surface area (Å²) in [4.78, 5) is 0. The molecule has 0 atom stereocenters. The van der Waals surface area contributed by atoms with Crippen molar-refractivity contribution in [2.24, 2.45) is 0 Å². The molecule has 9 heavy (non-hydrogen) atoms. The van der Waals surface area contributed by atoms with E-state index in [1.807, 2.05) is 0 Å². The molecule has 0 unspecified atom stereocenters. The Labute approximate surface area is 52.7 Å². The van der Waals surface area contributed by atoms with Crippen molar-refractivity contribution in [3.8, 4) is 17.9 Å². The Hall–Kier alpha value is -1.67. The second-order valence-corrected chi connectivity index (χ2v) is 1.37. The Bertz CT molecular complexity index is 268. The zero-order chi connectivity index (χ0) is 6.53. The molecule has 2 heteroatoms. The van der Waals surface area contributed by atoms with Crippen molar-refractivity contribution in [1.82, 2.24) is 0 Å². The first-order chi connectivity index (χ1) is 4.43. The number of nitrogens with zero attached hydrogens (tertiary/aromatic N) is 1. The predicted molar refractivity (Wildman–Crippen MR) is 31.2 cm³/mol. The first kappa shape index (κ1) is 5.47. The van der Waals surface area contributed by atoms with Crippen LogP contribution >= 0.6 is 0 Å². The van der Waals surface area contributed by atoms with Crippen LogP contribution in [-0.4, -0.2) is 0 Å². The SMILES string of the molecule is N#CC#Cc1ccoc1. The highest BCUT2D eigenvalue weighted by atomic mass is 16.3. The van der Waals surface area contributed by atoms with Crippen LogP contribution in [0.3, 0.4) is 0 Å². The molecular weight excluding hydrogens is 114 g/mol. The molecule has 0 bridgehead atoms. The number of furan rings is 1. The fraction of sp³-hybridized carbons (Fsp3) is 0. The molecule has 0 saturated heterocycles. The predicted octanol–water partition coefficient (Wildman–Crippen LogP) is 1.15. The van der Waals surface area contributed by atoms with E-state index in [0.717, 1.165) is 5.56 Å². The highest BCUT2D eigenvalue weighted by Gasteiger charge is 1.82. The summed E-state index contributed by atoms with van der Waals surface area (Å²) < 4.78 is 4.70. The van der Waals surface area contributed by atoms with Crippen molar-refractivity contribution in [2.75, 3.05) is 0 Å². The monoisotopic (exact) mass is 117 g/mol. The van der Waals surface area contributed by atoms with Gasteiger partial charge in [0.15, 0.2) is 6.07 Å². The van der Waals surface area contributed by atoms with E-state index in [1.54, 1.807) is 12.1 Å². The quantitative estimate of drug-likeness (QED) is 0.478. The molecule has 0 aliphatic rings. The lowest BCUT2D eigenvalue weighted by molar-refractivity contribution is 0.566. The van der Waals surface area contributed by atoms with Gasteiger partial charge < -0.3 is 4.42 Å². The highest BCUT2D eigenvalue weighted by Crippen LogP contribution is 1.95. The molecule has 0 spiro atoms. The Balaban J connectivity index is 2.82. The van der Waals surface area contributed by atoms with Crippen LogP contribution < -0.4 is 0 Å². The maximum Gasteiger partial charge on any atom is 0.152 e. The molecular formula is C7H3NO. The molecule has 0 aromatic carbocycles. The zero-order valence-electron chi connectivity index (χ0n) is 4.59. The maximum atomic E-state index is 8.01. The van der Waals surface area contributed by atoms with Crippen molar-refractivity contribution >= 4 is 0 Å². The van der Waals surface area contributed by atoms with E-state index >= 15 is 0 Å². The maximum absolute atomic E-state index is 8.01. The first-order valence-electron chi connectivity index (χ1n) is 2.36. The van der Waals surface area contributed by atoms with E-state index in [2.05, 4.69) is 11.8 Å². The van der Waals surface area contributed by atoms with Gasteiger partial charge in [-0.3, -0.25) is 0 Å². The Morgan fingerprint density at radius 3 is 3.00 bits per heavy atom. The van der Waals surface area contributed by atoms with Crippen LogP contribution in [0.1, 0.15) is 5.56 Å². The molecule has 0 fully saturated rings. The third kappa shape index (κ3) is 1.36. The summed E-state index contributed by atoms with van der Waals surface area (Å²) in [5.74, 6) is 4.82. The molecule has 0 aliphatic heterocycles. The molecule has 1 heterocycles. The minimum absolute atomic E-state index is 0.733. The molecule has 0 aliphatic carbocycles. The lowest BCUT2D eigenvalue weighted by Gasteiger charge is -1.66. The van der Waals surface area contributed by atoms with Gasteiger partial charge in [0, 0.05) is 5.92 Å². The van der Waals surface area contributed by atoms with Gasteiger partial charge in [0.1, 0.15) is 6.26 Å². The highest BCUT2D eigenvalue weighted by molar-refractivity contribution is 5.34. The van der Waals surface area contributed by atoms with Crippen LogP contribution in [0.5, 0.6) is 0 Å². The third-order valence-electron chi connectivity index (χ3n) is 0.784. The van der Waals surface area contributed by atoms with E-state index in [4.69, 9.17) is 9.68 Å². The number of rotatable bonds is 0. The standard InChI is InChI=1S/C7H3NO/c8-4-1-2-7-3-5-9-6-7/h3,5-6H. The normalized spacial score (nSPS) is 7.00. The summed E-state index contributed by atoms with van der Waals surface area (Å²) in [5, 5.41) is 8.01. The van der Waals surface area contributed by atoms with Crippen LogP contribution in [0.2, 0.25) is 0 Å². The second-order valence-electron chi connectivity index (χ2n) is 1.37. The van der Waals surface area contributed by atoms with Gasteiger partial charge in [0.2, 0.25) is 0 Å². The van der Waals surface area contributed by atoms with Crippen molar-refractivity contribution in [1.29, 1.82) is 5.26 Å². The van der Waals surface area contributed by atoms with Crippen LogP contribution in [0.25, 0.3) is 0 Å². The molecule has 0 N–H and O–H groups in total. The van der Waals surface area contributed by atoms with E-state index in [9.17, 15) is 0 Å². The van der Waals surface area contributed by atoms with E-state index in [-0.39, 0.29) is 0 Å². The van der Waals surface area contributed by atoms with E-state index < -0.39 is 0 Å². The van der Waals surface area contributed by atoms with E-state index in [1.165, 1.54) is 12.5 Å². The van der Waals surface area contributed by atoms with Crippen molar-refractivity contribution < 1.29 is 4.42 Å². The summed E-state index contributed by atoms with van der Waals surface area (Å²) in [6.07, 6.45) is 3.01. The van der Waals surface area contributed by atoms with Crippen molar-refractivity contribution in [3.63, 3.8) is 0 Å². The second kappa shape index (κ2) is 2.59. The molecule has 2 nitrogen and oxygen atoms in total. The van der Waals surface area contributed by atoms with Gasteiger partial charge in [0.25, 0.3) is 0 Å². The number of hydrogen-bond acceptors (Lipinski definition) is 2. The first-order valence-corrected chi connectivity index (χ1v) is 2.36. The summed E-state index contributed by atoms with van der Waals surface area (Å²) in [6.45, 7) is 0. The van der Waals surface area contributed by atoms with Crippen LogP contribution in [0.15, 0.2) is 23.0 Å². The zero-order valence-corrected chi connectivity index (χ0v) is 4.59. The lowest BCUT2D eigenvalue weighted by Crippen LogP contribution is -1.59. The molecule has 0 amide bonds. The third-order valence-corrected chi connectivity index (χ3v) is 0.784. The smallest absolute Gasteiger partial charge is 0.152 e. The van der Waals surface area contributed by atoms with Gasteiger partial charge in [-0.2, -0.15) is 5.26 Å².